The summed E-state index contributed by atoms with van der Waals surface area (Å²) in [7, 11) is -1.80. The fourth-order valence-corrected chi connectivity index (χ4v) is 6.54. The van der Waals surface area contributed by atoms with Crippen molar-refractivity contribution >= 4 is 10.0 Å². The van der Waals surface area contributed by atoms with Crippen LogP contribution in [0.2, 0.25) is 0 Å². The molecule has 2 aromatic rings. The van der Waals surface area contributed by atoms with Crippen LogP contribution in [-0.4, -0.2) is 40.2 Å². The molecule has 2 fully saturated rings. The summed E-state index contributed by atoms with van der Waals surface area (Å²) in [6.07, 6.45) is 5.73. The molecule has 1 aliphatic heterocycles. The highest BCUT2D eigenvalue weighted by atomic mass is 32.2. The average molecular weight is 419 g/mol. The Bertz CT molecular complexity index is 1060. The van der Waals surface area contributed by atoms with Crippen molar-refractivity contribution in [2.24, 2.45) is 7.05 Å². The molecule has 0 atom stereocenters. The molecule has 0 amide bonds. The maximum absolute atomic E-state index is 13.2. The molecule has 2 aliphatic rings. The Labute approximate surface area is 172 Å². The van der Waals surface area contributed by atoms with Crippen LogP contribution in [0.4, 0.5) is 0 Å². The van der Waals surface area contributed by atoms with E-state index in [4.69, 9.17) is 0 Å². The molecule has 1 saturated carbocycles. The summed E-state index contributed by atoms with van der Waals surface area (Å²) in [5, 5.41) is 4.55. The van der Waals surface area contributed by atoms with Crippen molar-refractivity contribution < 1.29 is 8.42 Å². The molecule has 0 spiro atoms. The van der Waals surface area contributed by atoms with Gasteiger partial charge in [0.05, 0.1) is 4.90 Å². The van der Waals surface area contributed by atoms with Gasteiger partial charge in [0.25, 0.3) is 0 Å². The minimum absolute atomic E-state index is 0.0441. The molecule has 4 rings (SSSR count). The van der Waals surface area contributed by atoms with Gasteiger partial charge < -0.3 is 0 Å². The average Bonchev–Trinajstić information content (AvgIpc) is 3.32. The molecule has 0 N–H and O–H groups in total. The highest BCUT2D eigenvalue weighted by Crippen LogP contribution is 2.35. The van der Waals surface area contributed by atoms with Gasteiger partial charge in [-0.15, -0.1) is 0 Å². The second-order valence-electron chi connectivity index (χ2n) is 8.52. The maximum atomic E-state index is 13.2. The van der Waals surface area contributed by atoms with Crippen molar-refractivity contribution in [2.45, 2.75) is 69.2 Å². The fraction of sp³-hybridized carbons (Fsp3) is 0.619. The summed E-state index contributed by atoms with van der Waals surface area (Å²) < 4.78 is 31.3. The van der Waals surface area contributed by atoms with E-state index in [-0.39, 0.29) is 17.6 Å². The molecule has 0 unspecified atom stereocenters. The van der Waals surface area contributed by atoms with E-state index in [2.05, 4.69) is 5.10 Å². The third-order valence-corrected chi connectivity index (χ3v) is 8.49. The van der Waals surface area contributed by atoms with Gasteiger partial charge in [-0.25, -0.2) is 17.9 Å². The standard InChI is InChI=1S/C21H30N4O3S/c1-15-8-9-16(2)19(14-15)29(27,28)24-12-10-17(11-13-24)20-22-23(3)21(26)25(20)18-6-4-5-7-18/h8-9,14,17-18H,4-7,10-13H2,1-3H3. The molecule has 1 aliphatic carbocycles. The minimum atomic E-state index is -3.51. The Morgan fingerprint density at radius 1 is 1.03 bits per heavy atom. The Morgan fingerprint density at radius 3 is 2.34 bits per heavy atom. The third-order valence-electron chi connectivity index (χ3n) is 6.45. The summed E-state index contributed by atoms with van der Waals surface area (Å²) in [5.41, 5.74) is 1.67. The van der Waals surface area contributed by atoms with Crippen LogP contribution in [0, 0.1) is 13.8 Å². The van der Waals surface area contributed by atoms with Crippen LogP contribution in [-0.2, 0) is 17.1 Å². The van der Waals surface area contributed by atoms with E-state index < -0.39 is 10.0 Å². The van der Waals surface area contributed by atoms with Crippen molar-refractivity contribution in [3.8, 4) is 0 Å². The van der Waals surface area contributed by atoms with Crippen molar-refractivity contribution in [1.29, 1.82) is 0 Å². The zero-order valence-corrected chi connectivity index (χ0v) is 18.3. The predicted molar refractivity (Wildman–Crippen MR) is 112 cm³/mol. The van der Waals surface area contributed by atoms with Gasteiger partial charge >= 0.3 is 5.69 Å². The molecule has 158 valence electrons. The first-order chi connectivity index (χ1) is 13.8. The summed E-state index contributed by atoms with van der Waals surface area (Å²) in [6, 6.07) is 5.79. The monoisotopic (exact) mass is 418 g/mol. The van der Waals surface area contributed by atoms with Crippen molar-refractivity contribution in [1.82, 2.24) is 18.7 Å². The number of rotatable bonds is 4. The predicted octanol–water partition coefficient (Wildman–Crippen LogP) is 2.88. The van der Waals surface area contributed by atoms with E-state index in [1.165, 1.54) is 4.68 Å². The van der Waals surface area contributed by atoms with E-state index in [9.17, 15) is 13.2 Å². The van der Waals surface area contributed by atoms with Crippen LogP contribution >= 0.6 is 0 Å². The van der Waals surface area contributed by atoms with Gasteiger partial charge in [-0.2, -0.15) is 9.40 Å². The maximum Gasteiger partial charge on any atom is 0.345 e. The zero-order chi connectivity index (χ0) is 20.8. The van der Waals surface area contributed by atoms with Crippen LogP contribution in [0.5, 0.6) is 0 Å². The van der Waals surface area contributed by atoms with Crippen LogP contribution in [0.3, 0.4) is 0 Å². The minimum Gasteiger partial charge on any atom is -0.276 e. The topological polar surface area (TPSA) is 77.2 Å². The van der Waals surface area contributed by atoms with Gasteiger partial charge in [0.2, 0.25) is 10.0 Å². The van der Waals surface area contributed by atoms with Gasteiger partial charge in [0.15, 0.2) is 0 Å². The van der Waals surface area contributed by atoms with E-state index in [0.717, 1.165) is 42.6 Å². The van der Waals surface area contributed by atoms with Crippen molar-refractivity contribution in [3.63, 3.8) is 0 Å². The van der Waals surface area contributed by atoms with Crippen LogP contribution in [0.25, 0.3) is 0 Å². The lowest BCUT2D eigenvalue weighted by molar-refractivity contribution is 0.304. The first kappa shape index (κ1) is 20.3. The third kappa shape index (κ3) is 3.68. The Balaban J connectivity index is 1.55. The molecule has 29 heavy (non-hydrogen) atoms. The van der Waals surface area contributed by atoms with Gasteiger partial charge in [-0.3, -0.25) is 4.57 Å². The lowest BCUT2D eigenvalue weighted by atomic mass is 9.97. The van der Waals surface area contributed by atoms with Gasteiger partial charge in [0, 0.05) is 32.1 Å². The quantitative estimate of drug-likeness (QED) is 0.765. The van der Waals surface area contributed by atoms with Crippen LogP contribution in [0.15, 0.2) is 27.9 Å². The number of piperidine rings is 1. The van der Waals surface area contributed by atoms with Gasteiger partial charge in [-0.1, -0.05) is 25.0 Å². The first-order valence-corrected chi connectivity index (χ1v) is 12.0. The number of hydrogen-bond donors (Lipinski definition) is 0. The lowest BCUT2D eigenvalue weighted by Gasteiger charge is -2.31. The number of sulfonamides is 1. The number of nitrogens with zero attached hydrogens (tertiary/aromatic N) is 4. The zero-order valence-electron chi connectivity index (χ0n) is 17.5. The van der Waals surface area contributed by atoms with E-state index in [0.29, 0.717) is 30.8 Å². The summed E-state index contributed by atoms with van der Waals surface area (Å²) in [4.78, 5) is 13.1. The van der Waals surface area contributed by atoms with Crippen LogP contribution < -0.4 is 5.69 Å². The van der Waals surface area contributed by atoms with Crippen molar-refractivity contribution in [2.75, 3.05) is 13.1 Å². The second kappa shape index (κ2) is 7.72. The van der Waals surface area contributed by atoms with E-state index in [1.807, 2.05) is 30.5 Å². The summed E-state index contributed by atoms with van der Waals surface area (Å²) in [6.45, 7) is 4.66. The molecule has 8 heteroatoms. The second-order valence-corrected chi connectivity index (χ2v) is 10.4. The first-order valence-electron chi connectivity index (χ1n) is 10.5. The molecule has 1 saturated heterocycles. The number of aromatic nitrogens is 3. The molecule has 0 bridgehead atoms. The molecular formula is C21H30N4O3S. The largest absolute Gasteiger partial charge is 0.345 e. The SMILES string of the molecule is Cc1ccc(C)c(S(=O)(=O)N2CCC(c3nn(C)c(=O)n3C3CCCC3)CC2)c1. The smallest absolute Gasteiger partial charge is 0.276 e. The van der Waals surface area contributed by atoms with Gasteiger partial charge in [0.1, 0.15) is 5.82 Å². The highest BCUT2D eigenvalue weighted by Gasteiger charge is 2.34. The molecule has 2 heterocycles. The van der Waals surface area contributed by atoms with E-state index in [1.54, 1.807) is 17.4 Å². The Hall–Kier alpha value is -1.93. The number of benzene rings is 1. The van der Waals surface area contributed by atoms with E-state index >= 15 is 0 Å². The normalized spacial score (nSPS) is 19.8. The van der Waals surface area contributed by atoms with Crippen LogP contribution in [0.1, 0.15) is 67.4 Å². The summed E-state index contributed by atoms with van der Waals surface area (Å²) in [5.74, 6) is 0.961. The van der Waals surface area contributed by atoms with Gasteiger partial charge in [-0.05, 0) is 56.7 Å². The number of hydrogen-bond acceptors (Lipinski definition) is 4. The molecule has 1 aromatic carbocycles. The van der Waals surface area contributed by atoms with Crippen molar-refractivity contribution in [3.05, 3.63) is 45.6 Å². The highest BCUT2D eigenvalue weighted by molar-refractivity contribution is 7.89. The Kier molecular flexibility index (Phi) is 5.42. The molecule has 1 aromatic heterocycles. The molecular weight excluding hydrogens is 388 g/mol. The molecule has 7 nitrogen and oxygen atoms in total. The summed E-state index contributed by atoms with van der Waals surface area (Å²) >= 11 is 0. The fourth-order valence-electron chi connectivity index (χ4n) is 4.76. The molecule has 0 radical (unpaired) electrons. The lowest BCUT2D eigenvalue weighted by Crippen LogP contribution is -2.39. The Morgan fingerprint density at radius 2 is 1.69 bits per heavy atom. The number of aryl methyl sites for hydroxylation is 3.